The van der Waals surface area contributed by atoms with Crippen LogP contribution < -0.4 is 4.74 Å². The van der Waals surface area contributed by atoms with E-state index in [-0.39, 0.29) is 11.7 Å². The van der Waals surface area contributed by atoms with Crippen LogP contribution in [0.4, 0.5) is 5.69 Å². The van der Waals surface area contributed by atoms with Gasteiger partial charge in [-0.05, 0) is 51.1 Å². The van der Waals surface area contributed by atoms with Gasteiger partial charge in [-0.2, -0.15) is 0 Å². The first-order valence-corrected chi connectivity index (χ1v) is 7.71. The van der Waals surface area contributed by atoms with Gasteiger partial charge >= 0.3 is 5.97 Å². The number of rotatable bonds is 3. The molecule has 1 heterocycles. The second-order valence-corrected chi connectivity index (χ2v) is 6.71. The van der Waals surface area contributed by atoms with E-state index in [0.29, 0.717) is 22.6 Å². The van der Waals surface area contributed by atoms with Crippen molar-refractivity contribution in [2.75, 3.05) is 0 Å². The first-order chi connectivity index (χ1) is 11.7. The Hall–Kier alpha value is -3.22. The molecular formula is C18H17N3O4. The summed E-state index contributed by atoms with van der Waals surface area (Å²) < 4.78 is 5.33. The summed E-state index contributed by atoms with van der Waals surface area (Å²) in [6, 6.07) is 11.4. The number of benzene rings is 2. The van der Waals surface area contributed by atoms with Gasteiger partial charge in [0.15, 0.2) is 0 Å². The van der Waals surface area contributed by atoms with E-state index in [1.807, 2.05) is 0 Å². The van der Waals surface area contributed by atoms with Crippen LogP contribution in [-0.4, -0.2) is 20.9 Å². The van der Waals surface area contributed by atoms with Gasteiger partial charge in [-0.3, -0.25) is 14.9 Å². The zero-order valence-corrected chi connectivity index (χ0v) is 14.1. The highest BCUT2D eigenvalue weighted by Gasteiger charge is 2.23. The third kappa shape index (κ3) is 3.50. The number of fused-ring (bicyclic) bond motifs is 1. The largest absolute Gasteiger partial charge is 0.426 e. The van der Waals surface area contributed by atoms with Gasteiger partial charge in [0, 0.05) is 17.7 Å². The van der Waals surface area contributed by atoms with Crippen LogP contribution in [0.15, 0.2) is 42.5 Å². The van der Waals surface area contributed by atoms with Crippen molar-refractivity contribution in [2.24, 2.45) is 5.41 Å². The molecule has 0 aliphatic rings. The number of ether oxygens (including phenoxy) is 1. The molecule has 1 aromatic heterocycles. The molecule has 0 unspecified atom stereocenters. The van der Waals surface area contributed by atoms with E-state index in [1.54, 1.807) is 51.1 Å². The average molecular weight is 339 g/mol. The molecule has 0 bridgehead atoms. The van der Waals surface area contributed by atoms with Gasteiger partial charge < -0.3 is 9.72 Å². The predicted octanol–water partition coefficient (Wildman–Crippen LogP) is 4.09. The molecule has 0 aliphatic heterocycles. The molecule has 128 valence electrons. The number of nitrogens with one attached hydrogen (secondary N) is 1. The smallest absolute Gasteiger partial charge is 0.316 e. The number of imidazole rings is 1. The van der Waals surface area contributed by atoms with E-state index in [9.17, 15) is 14.9 Å². The molecule has 2 aromatic carbocycles. The molecule has 7 nitrogen and oxygen atoms in total. The van der Waals surface area contributed by atoms with Crippen molar-refractivity contribution in [1.29, 1.82) is 0 Å². The van der Waals surface area contributed by atoms with Crippen molar-refractivity contribution >= 4 is 22.7 Å². The molecule has 7 heteroatoms. The number of H-pyrrole nitrogens is 1. The van der Waals surface area contributed by atoms with Crippen LogP contribution in [0.1, 0.15) is 20.8 Å². The zero-order chi connectivity index (χ0) is 18.2. The van der Waals surface area contributed by atoms with Gasteiger partial charge in [-0.25, -0.2) is 4.98 Å². The van der Waals surface area contributed by atoms with Crippen LogP contribution in [0.3, 0.4) is 0 Å². The number of aromatic nitrogens is 2. The Morgan fingerprint density at radius 1 is 1.16 bits per heavy atom. The molecule has 25 heavy (non-hydrogen) atoms. The summed E-state index contributed by atoms with van der Waals surface area (Å²) in [7, 11) is 0. The van der Waals surface area contributed by atoms with Crippen LogP contribution in [0.25, 0.3) is 22.4 Å². The number of esters is 1. The van der Waals surface area contributed by atoms with E-state index in [4.69, 9.17) is 4.74 Å². The Labute approximate surface area is 143 Å². The lowest BCUT2D eigenvalue weighted by atomic mass is 9.97. The Balaban J connectivity index is 1.86. The standard InChI is InChI=1S/C18H17N3O4/c1-18(2,3)17(22)25-13-7-4-11(5-8-13)16-19-14-9-6-12(21(23)24)10-15(14)20-16/h4-10H,1-3H3,(H,19,20). The van der Waals surface area contributed by atoms with Crippen molar-refractivity contribution in [3.05, 3.63) is 52.6 Å². The summed E-state index contributed by atoms with van der Waals surface area (Å²) in [5.74, 6) is 0.732. The zero-order valence-electron chi connectivity index (χ0n) is 14.1. The van der Waals surface area contributed by atoms with Crippen LogP contribution >= 0.6 is 0 Å². The van der Waals surface area contributed by atoms with Gasteiger partial charge in [0.25, 0.3) is 5.69 Å². The van der Waals surface area contributed by atoms with Crippen LogP contribution in [0.2, 0.25) is 0 Å². The molecule has 0 amide bonds. The number of hydrogen-bond donors (Lipinski definition) is 1. The maximum Gasteiger partial charge on any atom is 0.316 e. The van der Waals surface area contributed by atoms with Crippen LogP contribution in [0.5, 0.6) is 5.75 Å². The SMILES string of the molecule is CC(C)(C)C(=O)Oc1ccc(-c2nc3ccc([N+](=O)[O-])cc3[nH]2)cc1. The van der Waals surface area contributed by atoms with Gasteiger partial charge in [0.1, 0.15) is 11.6 Å². The lowest BCUT2D eigenvalue weighted by Crippen LogP contribution is -2.25. The number of carbonyl (C=O) groups excluding carboxylic acids is 1. The molecule has 0 atom stereocenters. The second-order valence-electron chi connectivity index (χ2n) is 6.71. The number of non-ortho nitro benzene ring substituents is 1. The predicted molar refractivity (Wildman–Crippen MR) is 93.3 cm³/mol. The fraction of sp³-hybridized carbons (Fsp3) is 0.222. The van der Waals surface area contributed by atoms with Crippen molar-refractivity contribution in [3.63, 3.8) is 0 Å². The summed E-state index contributed by atoms with van der Waals surface area (Å²) >= 11 is 0. The Morgan fingerprint density at radius 2 is 1.84 bits per heavy atom. The highest BCUT2D eigenvalue weighted by atomic mass is 16.6. The number of nitrogens with zero attached hydrogens (tertiary/aromatic N) is 2. The van der Waals surface area contributed by atoms with E-state index < -0.39 is 10.3 Å². The maximum atomic E-state index is 11.9. The molecule has 0 spiro atoms. The number of nitro groups is 1. The fourth-order valence-electron chi connectivity index (χ4n) is 2.19. The number of aromatic amines is 1. The van der Waals surface area contributed by atoms with E-state index in [2.05, 4.69) is 9.97 Å². The minimum absolute atomic E-state index is 0.00661. The first-order valence-electron chi connectivity index (χ1n) is 7.71. The lowest BCUT2D eigenvalue weighted by Gasteiger charge is -2.16. The molecule has 0 radical (unpaired) electrons. The minimum atomic E-state index is -0.577. The average Bonchev–Trinajstić information content (AvgIpc) is 2.97. The van der Waals surface area contributed by atoms with Crippen molar-refractivity contribution < 1.29 is 14.5 Å². The number of nitro benzene ring substituents is 1. The summed E-state index contributed by atoms with van der Waals surface area (Å²) in [5.41, 5.74) is 1.45. The molecular weight excluding hydrogens is 322 g/mol. The summed E-state index contributed by atoms with van der Waals surface area (Å²) in [4.78, 5) is 29.8. The minimum Gasteiger partial charge on any atom is -0.426 e. The van der Waals surface area contributed by atoms with Gasteiger partial charge in [0.2, 0.25) is 0 Å². The van der Waals surface area contributed by atoms with Crippen LogP contribution in [-0.2, 0) is 4.79 Å². The van der Waals surface area contributed by atoms with E-state index >= 15 is 0 Å². The number of hydrogen-bond acceptors (Lipinski definition) is 5. The third-order valence-corrected chi connectivity index (χ3v) is 3.63. The first kappa shape index (κ1) is 16.6. The summed E-state index contributed by atoms with van der Waals surface area (Å²) in [6.45, 7) is 5.37. The Bertz CT molecular complexity index is 953. The Morgan fingerprint density at radius 3 is 2.44 bits per heavy atom. The topological polar surface area (TPSA) is 98.1 Å². The molecule has 0 saturated heterocycles. The summed E-state index contributed by atoms with van der Waals surface area (Å²) in [5, 5.41) is 10.8. The Kier molecular flexibility index (Phi) is 4.00. The monoisotopic (exact) mass is 339 g/mol. The van der Waals surface area contributed by atoms with Crippen molar-refractivity contribution in [1.82, 2.24) is 9.97 Å². The maximum absolute atomic E-state index is 11.9. The van der Waals surface area contributed by atoms with Gasteiger partial charge in [-0.15, -0.1) is 0 Å². The van der Waals surface area contributed by atoms with E-state index in [1.165, 1.54) is 12.1 Å². The molecule has 1 N–H and O–H groups in total. The molecule has 0 aliphatic carbocycles. The normalized spacial score (nSPS) is 11.5. The van der Waals surface area contributed by atoms with Crippen LogP contribution in [0, 0.1) is 15.5 Å². The lowest BCUT2D eigenvalue weighted by molar-refractivity contribution is -0.384. The highest BCUT2D eigenvalue weighted by Crippen LogP contribution is 2.26. The van der Waals surface area contributed by atoms with Gasteiger partial charge in [0.05, 0.1) is 21.4 Å². The number of carbonyl (C=O) groups is 1. The van der Waals surface area contributed by atoms with Crippen molar-refractivity contribution in [3.8, 4) is 17.1 Å². The molecule has 0 saturated carbocycles. The molecule has 0 fully saturated rings. The second kappa shape index (κ2) is 6.01. The van der Waals surface area contributed by atoms with E-state index in [0.717, 1.165) is 5.56 Å². The molecule has 3 rings (SSSR count). The fourth-order valence-corrected chi connectivity index (χ4v) is 2.19. The summed E-state index contributed by atoms with van der Waals surface area (Å²) in [6.07, 6.45) is 0. The quantitative estimate of drug-likeness (QED) is 0.335. The van der Waals surface area contributed by atoms with Gasteiger partial charge in [-0.1, -0.05) is 0 Å². The highest BCUT2D eigenvalue weighted by molar-refractivity contribution is 5.82. The third-order valence-electron chi connectivity index (χ3n) is 3.63. The van der Waals surface area contributed by atoms with Crippen molar-refractivity contribution in [2.45, 2.75) is 20.8 Å². The molecule has 3 aromatic rings.